The molecule has 0 heterocycles. The Morgan fingerprint density at radius 2 is 1.89 bits per heavy atom. The molecule has 0 saturated carbocycles. The van der Waals surface area contributed by atoms with Gasteiger partial charge in [-0.1, -0.05) is 57.9 Å². The Bertz CT molecular complexity index is 528. The van der Waals surface area contributed by atoms with Crippen LogP contribution in [0.4, 0.5) is 0 Å². The van der Waals surface area contributed by atoms with Crippen LogP contribution in [0.5, 0.6) is 0 Å². The largest absolute Gasteiger partial charge is 0.313 e. The number of aryl methyl sites for hydroxylation is 1. The third-order valence-electron chi connectivity index (χ3n) is 3.25. The maximum absolute atomic E-state index is 6.09. The molecule has 0 aliphatic rings. The van der Waals surface area contributed by atoms with E-state index in [1.807, 2.05) is 31.3 Å². The molecular weight excluding hydrogens is 322 g/mol. The van der Waals surface area contributed by atoms with Crippen LogP contribution < -0.4 is 5.32 Å². The molecule has 0 fully saturated rings. The number of benzene rings is 2. The fourth-order valence-corrected chi connectivity index (χ4v) is 2.90. The van der Waals surface area contributed by atoms with Crippen LogP contribution in [0, 0.1) is 0 Å². The predicted octanol–water partition coefficient (Wildman–Crippen LogP) is 5.00. The number of halogens is 2. The van der Waals surface area contributed by atoms with E-state index in [0.717, 1.165) is 22.3 Å². The highest BCUT2D eigenvalue weighted by Crippen LogP contribution is 2.29. The van der Waals surface area contributed by atoms with Crippen molar-refractivity contribution >= 4 is 27.5 Å². The molecule has 19 heavy (non-hydrogen) atoms. The molecule has 1 unspecified atom stereocenters. The molecule has 0 saturated heterocycles. The van der Waals surface area contributed by atoms with E-state index in [1.165, 1.54) is 11.1 Å². The van der Waals surface area contributed by atoms with Crippen LogP contribution in [0.2, 0.25) is 5.02 Å². The van der Waals surface area contributed by atoms with E-state index in [0.29, 0.717) is 6.04 Å². The number of nitrogens with one attached hydrogen (secondary N) is 1. The fraction of sp³-hybridized carbons (Fsp3) is 0.250. The van der Waals surface area contributed by atoms with Crippen molar-refractivity contribution in [2.24, 2.45) is 0 Å². The maximum atomic E-state index is 6.09. The lowest BCUT2D eigenvalue weighted by molar-refractivity contribution is 0.547. The topological polar surface area (TPSA) is 12.0 Å². The molecule has 1 nitrogen and oxygen atoms in total. The fourth-order valence-electron chi connectivity index (χ4n) is 2.19. The summed E-state index contributed by atoms with van der Waals surface area (Å²) >= 11 is 9.69. The highest BCUT2D eigenvalue weighted by atomic mass is 79.9. The van der Waals surface area contributed by atoms with E-state index in [-0.39, 0.29) is 0 Å². The Morgan fingerprint density at radius 1 is 1.16 bits per heavy atom. The third-order valence-corrected chi connectivity index (χ3v) is 4.20. The number of hydrogen-bond acceptors (Lipinski definition) is 1. The van der Waals surface area contributed by atoms with Crippen molar-refractivity contribution in [2.45, 2.75) is 18.9 Å². The van der Waals surface area contributed by atoms with Gasteiger partial charge < -0.3 is 5.32 Å². The zero-order valence-electron chi connectivity index (χ0n) is 10.9. The molecule has 2 aromatic carbocycles. The molecule has 0 aliphatic carbocycles. The minimum absolute atomic E-state index is 0.299. The molecule has 0 bridgehead atoms. The highest BCUT2D eigenvalue weighted by molar-refractivity contribution is 9.10. The minimum atomic E-state index is 0.299. The van der Waals surface area contributed by atoms with Gasteiger partial charge in [-0.15, -0.1) is 0 Å². The van der Waals surface area contributed by atoms with Gasteiger partial charge in [0.25, 0.3) is 0 Å². The summed E-state index contributed by atoms with van der Waals surface area (Å²) in [6, 6.07) is 16.8. The van der Waals surface area contributed by atoms with Gasteiger partial charge in [0.1, 0.15) is 0 Å². The maximum Gasteiger partial charge on any atom is 0.0410 e. The summed E-state index contributed by atoms with van der Waals surface area (Å²) in [5, 5.41) is 4.14. The van der Waals surface area contributed by atoms with Gasteiger partial charge in [0.05, 0.1) is 0 Å². The first-order valence-corrected chi connectivity index (χ1v) is 7.54. The zero-order chi connectivity index (χ0) is 13.7. The van der Waals surface area contributed by atoms with Gasteiger partial charge in [0.2, 0.25) is 0 Å². The van der Waals surface area contributed by atoms with Crippen LogP contribution in [0.1, 0.15) is 23.6 Å². The first-order chi connectivity index (χ1) is 9.20. The molecule has 0 radical (unpaired) electrons. The van der Waals surface area contributed by atoms with Crippen LogP contribution in [0.25, 0.3) is 0 Å². The van der Waals surface area contributed by atoms with Crippen molar-refractivity contribution in [3.63, 3.8) is 0 Å². The predicted molar refractivity (Wildman–Crippen MR) is 85.7 cm³/mol. The van der Waals surface area contributed by atoms with E-state index in [4.69, 9.17) is 11.6 Å². The summed E-state index contributed by atoms with van der Waals surface area (Å²) in [6.45, 7) is 0. The SMILES string of the molecule is CNC(CCc1ccccc1)c1cc(Cl)ccc1Br. The lowest BCUT2D eigenvalue weighted by atomic mass is 9.99. The highest BCUT2D eigenvalue weighted by Gasteiger charge is 2.13. The molecule has 3 heteroatoms. The van der Waals surface area contributed by atoms with Crippen LogP contribution in [0.3, 0.4) is 0 Å². The molecule has 1 atom stereocenters. The number of rotatable bonds is 5. The Morgan fingerprint density at radius 3 is 2.58 bits per heavy atom. The molecule has 2 aromatic rings. The molecule has 0 aromatic heterocycles. The van der Waals surface area contributed by atoms with Crippen LogP contribution in [0.15, 0.2) is 53.0 Å². The summed E-state index contributed by atoms with van der Waals surface area (Å²) in [7, 11) is 1.99. The van der Waals surface area contributed by atoms with Crippen molar-refractivity contribution in [2.75, 3.05) is 7.05 Å². The second-order valence-electron chi connectivity index (χ2n) is 4.53. The second-order valence-corrected chi connectivity index (χ2v) is 5.82. The van der Waals surface area contributed by atoms with Crippen molar-refractivity contribution < 1.29 is 0 Å². The van der Waals surface area contributed by atoms with Crippen LogP contribution in [-0.2, 0) is 6.42 Å². The number of hydrogen-bond donors (Lipinski definition) is 1. The first-order valence-electron chi connectivity index (χ1n) is 6.37. The van der Waals surface area contributed by atoms with E-state index >= 15 is 0 Å². The van der Waals surface area contributed by atoms with Gasteiger partial charge >= 0.3 is 0 Å². The van der Waals surface area contributed by atoms with Gasteiger partial charge in [0, 0.05) is 15.5 Å². The third kappa shape index (κ3) is 4.07. The average molecular weight is 339 g/mol. The van der Waals surface area contributed by atoms with Gasteiger partial charge in [-0.05, 0) is 49.2 Å². The average Bonchev–Trinajstić information content (AvgIpc) is 2.44. The van der Waals surface area contributed by atoms with E-state index < -0.39 is 0 Å². The smallest absolute Gasteiger partial charge is 0.0410 e. The van der Waals surface area contributed by atoms with Crippen molar-refractivity contribution in [1.29, 1.82) is 0 Å². The Hall–Kier alpha value is -0.830. The molecule has 0 spiro atoms. The Kier molecular flexibility index (Phi) is 5.44. The standard InChI is InChI=1S/C16H17BrClN/c1-19-16(10-7-12-5-3-2-4-6-12)14-11-13(18)8-9-15(14)17/h2-6,8-9,11,16,19H,7,10H2,1H3. The lowest BCUT2D eigenvalue weighted by Crippen LogP contribution is -2.17. The zero-order valence-corrected chi connectivity index (χ0v) is 13.2. The van der Waals surface area contributed by atoms with Gasteiger partial charge in [-0.3, -0.25) is 0 Å². The monoisotopic (exact) mass is 337 g/mol. The molecule has 1 N–H and O–H groups in total. The van der Waals surface area contributed by atoms with Gasteiger partial charge in [-0.2, -0.15) is 0 Å². The summed E-state index contributed by atoms with van der Waals surface area (Å²) in [5.41, 5.74) is 2.58. The van der Waals surface area contributed by atoms with E-state index in [1.54, 1.807) is 0 Å². The van der Waals surface area contributed by atoms with E-state index in [9.17, 15) is 0 Å². The van der Waals surface area contributed by atoms with Crippen molar-refractivity contribution in [1.82, 2.24) is 5.32 Å². The molecular formula is C16H17BrClN. The quantitative estimate of drug-likeness (QED) is 0.809. The second kappa shape index (κ2) is 7.09. The van der Waals surface area contributed by atoms with E-state index in [2.05, 4.69) is 45.5 Å². The summed E-state index contributed by atoms with van der Waals surface area (Å²) in [4.78, 5) is 0. The molecule has 100 valence electrons. The first kappa shape index (κ1) is 14.6. The lowest BCUT2D eigenvalue weighted by Gasteiger charge is -2.18. The summed E-state index contributed by atoms with van der Waals surface area (Å²) in [6.07, 6.45) is 2.09. The Labute approximate surface area is 128 Å². The van der Waals surface area contributed by atoms with Gasteiger partial charge in [-0.25, -0.2) is 0 Å². The van der Waals surface area contributed by atoms with Crippen LogP contribution in [-0.4, -0.2) is 7.05 Å². The Balaban J connectivity index is 2.10. The minimum Gasteiger partial charge on any atom is -0.313 e. The summed E-state index contributed by atoms with van der Waals surface area (Å²) < 4.78 is 1.10. The molecule has 2 rings (SSSR count). The normalized spacial score (nSPS) is 12.4. The van der Waals surface area contributed by atoms with Crippen molar-refractivity contribution in [3.05, 3.63) is 69.2 Å². The molecule has 0 amide bonds. The van der Waals surface area contributed by atoms with Crippen molar-refractivity contribution in [3.8, 4) is 0 Å². The van der Waals surface area contributed by atoms with Crippen LogP contribution >= 0.6 is 27.5 Å². The summed E-state index contributed by atoms with van der Waals surface area (Å²) in [5.74, 6) is 0. The van der Waals surface area contributed by atoms with Gasteiger partial charge in [0.15, 0.2) is 0 Å². The molecule has 0 aliphatic heterocycles.